The third-order valence-corrected chi connectivity index (χ3v) is 4.68. The molecule has 20 heavy (non-hydrogen) atoms. The van der Waals surface area contributed by atoms with E-state index in [-0.39, 0.29) is 21.7 Å². The molecule has 1 N–H and O–H groups in total. The molecule has 0 aromatic heterocycles. The number of aliphatic carboxylic acids is 1. The summed E-state index contributed by atoms with van der Waals surface area (Å²) in [7, 11) is -2.86. The fourth-order valence-electron chi connectivity index (χ4n) is 1.69. The van der Waals surface area contributed by atoms with Crippen LogP contribution in [0.5, 0.6) is 0 Å². The topological polar surface area (TPSA) is 118 Å². The Hall–Kier alpha value is -2.00. The lowest BCUT2D eigenvalue weighted by molar-refractivity contribution is -0.385. The van der Waals surface area contributed by atoms with Gasteiger partial charge in [-0.25, -0.2) is 8.42 Å². The molecule has 0 aliphatic carbocycles. The largest absolute Gasteiger partial charge is 0.480 e. The van der Waals surface area contributed by atoms with Crippen LogP contribution in [0.15, 0.2) is 17.0 Å². The van der Waals surface area contributed by atoms with Gasteiger partial charge in [0.05, 0.1) is 9.82 Å². The molecule has 110 valence electrons. The van der Waals surface area contributed by atoms with Crippen LogP contribution in [0.25, 0.3) is 0 Å². The number of carbonyl (C=O) groups is 1. The van der Waals surface area contributed by atoms with Crippen molar-refractivity contribution in [2.45, 2.75) is 18.7 Å². The lowest BCUT2D eigenvalue weighted by atomic mass is 10.1. The molecule has 8 nitrogen and oxygen atoms in total. The van der Waals surface area contributed by atoms with E-state index in [2.05, 4.69) is 0 Å². The number of carboxylic acid groups (broad SMARTS) is 1. The van der Waals surface area contributed by atoms with Crippen molar-refractivity contribution in [3.05, 3.63) is 33.4 Å². The highest BCUT2D eigenvalue weighted by Gasteiger charge is 2.26. The summed E-state index contributed by atoms with van der Waals surface area (Å²) in [5.74, 6) is -1.28. The SMILES string of the molecule is Cc1cc(S(=O)(=O)N(C)CC(=O)O)c(C)cc1[N+](=O)[O-]. The molecule has 0 amide bonds. The van der Waals surface area contributed by atoms with E-state index in [1.54, 1.807) is 0 Å². The molecular formula is C11H14N2O6S. The maximum atomic E-state index is 12.2. The van der Waals surface area contributed by atoms with Crippen LogP contribution < -0.4 is 0 Å². The first-order chi connectivity index (χ1) is 9.07. The molecule has 0 fully saturated rings. The van der Waals surface area contributed by atoms with Crippen molar-refractivity contribution in [1.29, 1.82) is 0 Å². The first-order valence-electron chi connectivity index (χ1n) is 5.51. The molecule has 0 atom stereocenters. The second-order valence-electron chi connectivity index (χ2n) is 4.32. The van der Waals surface area contributed by atoms with Crippen LogP contribution in [0, 0.1) is 24.0 Å². The van der Waals surface area contributed by atoms with Gasteiger partial charge in [-0.3, -0.25) is 14.9 Å². The first-order valence-corrected chi connectivity index (χ1v) is 6.95. The third-order valence-electron chi connectivity index (χ3n) is 2.74. The summed E-state index contributed by atoms with van der Waals surface area (Å²) in [6.07, 6.45) is 0. The minimum absolute atomic E-state index is 0.135. The minimum atomic E-state index is -4.00. The summed E-state index contributed by atoms with van der Waals surface area (Å²) in [5, 5.41) is 19.4. The number of rotatable bonds is 5. The maximum absolute atomic E-state index is 12.2. The predicted octanol–water partition coefficient (Wildman–Crippen LogP) is 0.917. The molecule has 0 aliphatic heterocycles. The highest BCUT2D eigenvalue weighted by Crippen LogP contribution is 2.27. The van der Waals surface area contributed by atoms with Crippen molar-refractivity contribution in [2.24, 2.45) is 0 Å². The zero-order chi connectivity index (χ0) is 15.7. The van der Waals surface area contributed by atoms with Crippen molar-refractivity contribution in [2.75, 3.05) is 13.6 Å². The van der Waals surface area contributed by atoms with Gasteiger partial charge in [-0.15, -0.1) is 0 Å². The number of benzene rings is 1. The van der Waals surface area contributed by atoms with Gasteiger partial charge in [0.1, 0.15) is 6.54 Å². The van der Waals surface area contributed by atoms with Crippen LogP contribution in [0.1, 0.15) is 11.1 Å². The summed E-state index contributed by atoms with van der Waals surface area (Å²) >= 11 is 0. The average molecular weight is 302 g/mol. The molecule has 1 aromatic rings. The fourth-order valence-corrected chi connectivity index (χ4v) is 3.10. The lowest BCUT2D eigenvalue weighted by Gasteiger charge is -2.17. The monoisotopic (exact) mass is 302 g/mol. The minimum Gasteiger partial charge on any atom is -0.480 e. The fraction of sp³-hybridized carbons (Fsp3) is 0.364. The lowest BCUT2D eigenvalue weighted by Crippen LogP contribution is -2.32. The van der Waals surface area contributed by atoms with Gasteiger partial charge in [-0.05, 0) is 25.5 Å². The molecule has 0 heterocycles. The number of hydrogen-bond donors (Lipinski definition) is 1. The molecule has 0 saturated carbocycles. The van der Waals surface area contributed by atoms with Crippen LogP contribution in [0.4, 0.5) is 5.69 Å². The van der Waals surface area contributed by atoms with E-state index in [1.807, 2.05) is 0 Å². The predicted molar refractivity (Wildman–Crippen MR) is 70.0 cm³/mol. The van der Waals surface area contributed by atoms with E-state index in [4.69, 9.17) is 5.11 Å². The first kappa shape index (κ1) is 16.1. The highest BCUT2D eigenvalue weighted by molar-refractivity contribution is 7.89. The molecule has 0 bridgehead atoms. The average Bonchev–Trinajstić information content (AvgIpc) is 2.30. The Morgan fingerprint density at radius 2 is 1.90 bits per heavy atom. The quantitative estimate of drug-likeness (QED) is 0.638. The van der Waals surface area contributed by atoms with E-state index in [9.17, 15) is 23.3 Å². The zero-order valence-electron chi connectivity index (χ0n) is 11.2. The Morgan fingerprint density at radius 1 is 1.35 bits per heavy atom. The molecule has 1 aromatic carbocycles. The van der Waals surface area contributed by atoms with Crippen LogP contribution in [0.3, 0.4) is 0 Å². The number of nitrogens with zero attached hydrogens (tertiary/aromatic N) is 2. The summed E-state index contributed by atoms with van der Waals surface area (Å²) in [4.78, 5) is 20.6. The summed E-state index contributed by atoms with van der Waals surface area (Å²) in [5.41, 5.74) is 0.213. The number of hydrogen-bond acceptors (Lipinski definition) is 5. The van der Waals surface area contributed by atoms with Crippen LogP contribution in [-0.2, 0) is 14.8 Å². The van der Waals surface area contributed by atoms with Gasteiger partial charge in [0, 0.05) is 18.7 Å². The Morgan fingerprint density at radius 3 is 2.35 bits per heavy atom. The highest BCUT2D eigenvalue weighted by atomic mass is 32.2. The van der Waals surface area contributed by atoms with Gasteiger partial charge in [0.15, 0.2) is 0 Å². The number of likely N-dealkylation sites (N-methyl/N-ethyl adjacent to an activating group) is 1. The molecule has 0 aliphatic rings. The molecule has 0 radical (unpaired) electrons. The van der Waals surface area contributed by atoms with Crippen LogP contribution in [-0.4, -0.2) is 42.3 Å². The van der Waals surface area contributed by atoms with Gasteiger partial charge in [0.25, 0.3) is 5.69 Å². The standard InChI is InChI=1S/C11H14N2O6S/c1-7-5-10(8(2)4-9(7)13(16)17)20(18,19)12(3)6-11(14)15/h4-5H,6H2,1-3H3,(H,14,15). The van der Waals surface area contributed by atoms with Crippen molar-refractivity contribution >= 4 is 21.7 Å². The Kier molecular flexibility index (Phi) is 4.46. The van der Waals surface area contributed by atoms with E-state index in [0.717, 1.165) is 13.1 Å². The van der Waals surface area contributed by atoms with E-state index < -0.39 is 27.5 Å². The zero-order valence-corrected chi connectivity index (χ0v) is 12.0. The number of aryl methyl sites for hydroxylation is 2. The smallest absolute Gasteiger partial charge is 0.318 e. The number of sulfonamides is 1. The number of nitro benzene ring substituents is 1. The molecule has 9 heteroatoms. The number of nitro groups is 1. The Balaban J connectivity index is 3.37. The van der Waals surface area contributed by atoms with Gasteiger partial charge in [-0.1, -0.05) is 0 Å². The molecular weight excluding hydrogens is 288 g/mol. The second kappa shape index (κ2) is 5.55. The van der Waals surface area contributed by atoms with E-state index >= 15 is 0 Å². The number of carboxylic acids is 1. The van der Waals surface area contributed by atoms with Crippen molar-refractivity contribution < 1.29 is 23.2 Å². The summed E-state index contributed by atoms with van der Waals surface area (Å²) in [6.45, 7) is 2.17. The van der Waals surface area contributed by atoms with E-state index in [0.29, 0.717) is 4.31 Å². The van der Waals surface area contributed by atoms with Crippen molar-refractivity contribution in [3.8, 4) is 0 Å². The van der Waals surface area contributed by atoms with Gasteiger partial charge < -0.3 is 5.11 Å². The van der Waals surface area contributed by atoms with Gasteiger partial charge in [0.2, 0.25) is 10.0 Å². The molecule has 1 rings (SSSR count). The molecule has 0 unspecified atom stereocenters. The molecule has 0 saturated heterocycles. The second-order valence-corrected chi connectivity index (χ2v) is 6.33. The third kappa shape index (κ3) is 3.11. The van der Waals surface area contributed by atoms with Gasteiger partial charge in [-0.2, -0.15) is 4.31 Å². The Labute approximate surface area is 115 Å². The van der Waals surface area contributed by atoms with Gasteiger partial charge >= 0.3 is 5.97 Å². The Bertz CT molecular complexity index is 668. The summed E-state index contributed by atoms with van der Waals surface area (Å²) < 4.78 is 25.1. The normalized spacial score (nSPS) is 11.6. The maximum Gasteiger partial charge on any atom is 0.318 e. The van der Waals surface area contributed by atoms with Crippen LogP contribution >= 0.6 is 0 Å². The van der Waals surface area contributed by atoms with Crippen molar-refractivity contribution in [3.63, 3.8) is 0 Å². The van der Waals surface area contributed by atoms with Crippen molar-refractivity contribution in [1.82, 2.24) is 4.31 Å². The van der Waals surface area contributed by atoms with Crippen LogP contribution in [0.2, 0.25) is 0 Å². The summed E-state index contributed by atoms with van der Waals surface area (Å²) in [6, 6.07) is 2.35. The molecule has 0 spiro atoms. The van der Waals surface area contributed by atoms with E-state index in [1.165, 1.54) is 19.9 Å².